The molecule has 164 valence electrons. The Balaban J connectivity index is 4.87. The summed E-state index contributed by atoms with van der Waals surface area (Å²) in [6.07, 6.45) is 1.79. The van der Waals surface area contributed by atoms with Gasteiger partial charge >= 0.3 is 17.6 Å². The molecule has 0 fully saturated rings. The first-order chi connectivity index (χ1) is 12.4. The van der Waals surface area contributed by atoms with E-state index in [1.807, 2.05) is 0 Å². The van der Waals surface area contributed by atoms with Crippen molar-refractivity contribution in [3.8, 4) is 0 Å². The molecule has 0 unspecified atom stereocenters. The van der Waals surface area contributed by atoms with Crippen molar-refractivity contribution in [2.75, 3.05) is 41.5 Å². The monoisotopic (exact) mass is 424 g/mol. The van der Waals surface area contributed by atoms with E-state index < -0.39 is 17.6 Å². The third kappa shape index (κ3) is 11.7. The third-order valence-electron chi connectivity index (χ3n) is 4.19. The van der Waals surface area contributed by atoms with Crippen molar-refractivity contribution < 1.29 is 21.8 Å². The maximum absolute atomic E-state index is 6.42. The normalized spacial score (nSPS) is 14.0. The Morgan fingerprint density at radius 2 is 0.889 bits per heavy atom. The first-order valence-corrected chi connectivity index (χ1v) is 13.6. The van der Waals surface area contributed by atoms with Gasteiger partial charge in [-0.05, 0) is 67.5 Å². The molecule has 2 N–H and O–H groups in total. The molecule has 9 heteroatoms. The van der Waals surface area contributed by atoms with Crippen molar-refractivity contribution in [1.82, 2.24) is 10.6 Å². The highest BCUT2D eigenvalue weighted by molar-refractivity contribution is 6.74. The van der Waals surface area contributed by atoms with Crippen LogP contribution < -0.4 is 10.6 Å². The van der Waals surface area contributed by atoms with Crippen molar-refractivity contribution in [3.63, 3.8) is 0 Å². The first kappa shape index (κ1) is 27.2. The lowest BCUT2D eigenvalue weighted by atomic mass is 10.1. The molecule has 0 spiro atoms. The predicted octanol–water partition coefficient (Wildman–Crippen LogP) is 3.02. The average Bonchev–Trinajstić information content (AvgIpc) is 2.58. The fourth-order valence-corrected chi connectivity index (χ4v) is 9.03. The van der Waals surface area contributed by atoms with E-state index in [-0.39, 0.29) is 11.1 Å². The molecule has 0 amide bonds. The Morgan fingerprint density at radius 1 is 0.593 bits per heavy atom. The summed E-state index contributed by atoms with van der Waals surface area (Å²) in [5.41, 5.74) is 0.172. The topological polar surface area (TPSA) is 70.2 Å². The van der Waals surface area contributed by atoms with Crippen LogP contribution in [-0.4, -0.2) is 70.2 Å². The Labute approximate surface area is 169 Å². The van der Waals surface area contributed by atoms with Gasteiger partial charge in [0.05, 0.1) is 0 Å². The van der Waals surface area contributed by atoms with E-state index >= 15 is 0 Å². The second-order valence-electron chi connectivity index (χ2n) is 8.85. The molecule has 0 saturated carbocycles. The summed E-state index contributed by atoms with van der Waals surface area (Å²) in [6.45, 7) is 14.7. The lowest BCUT2D eigenvalue weighted by Crippen LogP contribution is -2.57. The summed E-state index contributed by atoms with van der Waals surface area (Å²) in [5, 5.41) is 6.97. The van der Waals surface area contributed by atoms with Gasteiger partial charge in [-0.25, -0.2) is 0 Å². The quantitative estimate of drug-likeness (QED) is 0.328. The second-order valence-corrected chi connectivity index (χ2v) is 15.0. The van der Waals surface area contributed by atoms with Gasteiger partial charge < -0.3 is 32.5 Å². The van der Waals surface area contributed by atoms with Gasteiger partial charge in [-0.1, -0.05) is 0 Å². The lowest BCUT2D eigenvalue weighted by Gasteiger charge is -2.36. The van der Waals surface area contributed by atoms with Gasteiger partial charge in [0, 0.05) is 51.6 Å². The fraction of sp³-hybridized carbons (Fsp3) is 1.00. The minimum atomic E-state index is -2.86. The number of nitrogens with one attached hydrogen (secondary N) is 2. The minimum Gasteiger partial charge on any atom is -0.377 e. The molecule has 0 aliphatic rings. The molecule has 0 aromatic heterocycles. The summed E-state index contributed by atoms with van der Waals surface area (Å²) < 4.78 is 29.5. The van der Waals surface area contributed by atoms with Crippen molar-refractivity contribution in [3.05, 3.63) is 0 Å². The van der Waals surface area contributed by atoms with Crippen molar-refractivity contribution in [2.24, 2.45) is 0 Å². The molecule has 0 atom stereocenters. The summed E-state index contributed by atoms with van der Waals surface area (Å²) >= 11 is 0. The van der Waals surface area contributed by atoms with Crippen LogP contribution >= 0.6 is 0 Å². The van der Waals surface area contributed by atoms with Crippen molar-refractivity contribution in [2.45, 2.75) is 77.6 Å². The van der Waals surface area contributed by atoms with E-state index in [0.717, 1.165) is 25.9 Å². The van der Waals surface area contributed by atoms with Crippen molar-refractivity contribution >= 4 is 17.6 Å². The van der Waals surface area contributed by atoms with Crippen LogP contribution in [0.2, 0.25) is 12.1 Å². The Morgan fingerprint density at radius 3 is 1.11 bits per heavy atom. The van der Waals surface area contributed by atoms with Crippen LogP contribution in [0.25, 0.3) is 0 Å². The maximum atomic E-state index is 6.42. The van der Waals surface area contributed by atoms with E-state index in [4.69, 9.17) is 21.8 Å². The van der Waals surface area contributed by atoms with Crippen LogP contribution in [0.5, 0.6) is 0 Å². The van der Waals surface area contributed by atoms with Crippen LogP contribution in [0, 0.1) is 0 Å². The second kappa shape index (κ2) is 12.0. The summed E-state index contributed by atoms with van der Waals surface area (Å²) in [6, 6.07) is 1.43. The highest BCUT2D eigenvalue weighted by Crippen LogP contribution is 2.26. The number of hydrogen-bond donors (Lipinski definition) is 2. The highest BCUT2D eigenvalue weighted by atomic mass is 28.5. The van der Waals surface area contributed by atoms with Gasteiger partial charge in [0.15, 0.2) is 0 Å². The molecule has 27 heavy (non-hydrogen) atoms. The van der Waals surface area contributed by atoms with Gasteiger partial charge in [0.1, 0.15) is 0 Å². The zero-order chi connectivity index (χ0) is 21.2. The van der Waals surface area contributed by atoms with Gasteiger partial charge in [-0.15, -0.1) is 0 Å². The zero-order valence-electron chi connectivity index (χ0n) is 19.3. The largest absolute Gasteiger partial charge is 0.493 e. The summed E-state index contributed by atoms with van der Waals surface area (Å²) in [7, 11) is 0.880. The van der Waals surface area contributed by atoms with E-state index in [1.165, 1.54) is 0 Å². The van der Waals surface area contributed by atoms with Crippen LogP contribution in [0.3, 0.4) is 0 Å². The van der Waals surface area contributed by atoms with Crippen LogP contribution in [0.4, 0.5) is 0 Å². The highest BCUT2D eigenvalue weighted by Gasteiger charge is 2.51. The van der Waals surface area contributed by atoms with E-state index in [2.05, 4.69) is 52.2 Å². The van der Waals surface area contributed by atoms with E-state index in [0.29, 0.717) is 12.1 Å². The van der Waals surface area contributed by atoms with Gasteiger partial charge in [0.25, 0.3) is 0 Å². The fourth-order valence-electron chi connectivity index (χ4n) is 2.62. The number of hydrogen-bond acceptors (Lipinski definition) is 7. The molecule has 0 aliphatic carbocycles. The van der Waals surface area contributed by atoms with Crippen LogP contribution in [-0.2, 0) is 21.8 Å². The molecule has 0 radical (unpaired) electrons. The summed E-state index contributed by atoms with van der Waals surface area (Å²) in [4.78, 5) is 0. The van der Waals surface area contributed by atoms with Gasteiger partial charge in [-0.2, -0.15) is 0 Å². The van der Waals surface area contributed by atoms with Crippen LogP contribution in [0.15, 0.2) is 0 Å². The molecule has 7 nitrogen and oxygen atoms in total. The Bertz CT molecular complexity index is 356. The smallest absolute Gasteiger partial charge is 0.377 e. The minimum absolute atomic E-state index is 0.0861. The summed E-state index contributed by atoms with van der Waals surface area (Å²) in [5.74, 6) is 0. The molecule has 0 saturated heterocycles. The first-order valence-electron chi connectivity index (χ1n) is 9.77. The molecule has 0 rings (SSSR count). The molecule has 0 aliphatic heterocycles. The Kier molecular flexibility index (Phi) is 12.1. The molecule has 0 heterocycles. The van der Waals surface area contributed by atoms with Crippen LogP contribution in [0.1, 0.15) is 54.4 Å². The molecular weight excluding hydrogens is 380 g/mol. The predicted molar refractivity (Wildman–Crippen MR) is 115 cm³/mol. The maximum Gasteiger partial charge on any atom is 0.493 e. The van der Waals surface area contributed by atoms with E-state index in [1.54, 1.807) is 28.4 Å². The number of rotatable bonds is 14. The molecular formula is C18H44N2O5Si2. The third-order valence-corrected chi connectivity index (χ3v) is 11.1. The molecule has 0 aromatic carbocycles. The average molecular weight is 425 g/mol. The standard InChI is InChI=1S/C18H44N2O5Si2/c1-17(2,3)19-13-11-15-26(21-7,22-8)25-27(23-9,24-10)16-12-14-20-18(4,5)6/h19-20H,11-16H2,1-10H3. The van der Waals surface area contributed by atoms with Gasteiger partial charge in [0.2, 0.25) is 0 Å². The molecule has 0 bridgehead atoms. The van der Waals surface area contributed by atoms with Crippen molar-refractivity contribution in [1.29, 1.82) is 0 Å². The SMILES string of the molecule is CO[Si](CCCNC(C)(C)C)(OC)O[Si](CCCNC(C)(C)C)(OC)OC. The van der Waals surface area contributed by atoms with Gasteiger partial charge in [-0.3, -0.25) is 0 Å². The van der Waals surface area contributed by atoms with E-state index in [9.17, 15) is 0 Å². The zero-order valence-corrected chi connectivity index (χ0v) is 21.3. The lowest BCUT2D eigenvalue weighted by molar-refractivity contribution is 0.0857. The molecule has 0 aromatic rings. The Hall–Kier alpha value is 0.154.